The zero-order valence-electron chi connectivity index (χ0n) is 10.8. The Morgan fingerprint density at radius 2 is 2.42 bits per heavy atom. The van der Waals surface area contributed by atoms with Gasteiger partial charge >= 0.3 is 0 Å². The molecule has 0 radical (unpaired) electrons. The van der Waals surface area contributed by atoms with Gasteiger partial charge < -0.3 is 20.4 Å². The van der Waals surface area contributed by atoms with Gasteiger partial charge in [-0.1, -0.05) is 11.3 Å². The van der Waals surface area contributed by atoms with Crippen LogP contribution in [0.2, 0.25) is 0 Å². The van der Waals surface area contributed by atoms with Gasteiger partial charge in [0, 0.05) is 25.7 Å². The molecule has 0 aliphatic rings. The standard InChI is InChI=1S/C12H16N4O2S/c1-3-14-12-15-10(13)9(19-12)11(17)16(2)6-8-4-5-18-7-8/h4-5,7H,3,6,13H2,1-2H3,(H,14,15). The number of amides is 1. The number of furan rings is 1. The van der Waals surface area contributed by atoms with Crippen molar-refractivity contribution in [1.29, 1.82) is 0 Å². The van der Waals surface area contributed by atoms with Gasteiger partial charge in [-0.15, -0.1) is 0 Å². The summed E-state index contributed by atoms with van der Waals surface area (Å²) >= 11 is 1.27. The topological polar surface area (TPSA) is 84.4 Å². The van der Waals surface area contributed by atoms with E-state index in [1.165, 1.54) is 11.3 Å². The summed E-state index contributed by atoms with van der Waals surface area (Å²) in [6, 6.07) is 1.82. The Bertz CT molecular complexity index is 550. The lowest BCUT2D eigenvalue weighted by molar-refractivity contribution is 0.0790. The van der Waals surface area contributed by atoms with Crippen molar-refractivity contribution < 1.29 is 9.21 Å². The number of hydrogen-bond acceptors (Lipinski definition) is 6. The van der Waals surface area contributed by atoms with Crippen LogP contribution in [0, 0.1) is 0 Å². The number of nitrogen functional groups attached to an aromatic ring is 1. The molecule has 6 nitrogen and oxygen atoms in total. The molecular formula is C12H16N4O2S. The van der Waals surface area contributed by atoms with Gasteiger partial charge in [-0.3, -0.25) is 4.79 Å². The minimum absolute atomic E-state index is 0.139. The molecule has 19 heavy (non-hydrogen) atoms. The van der Waals surface area contributed by atoms with Crippen molar-refractivity contribution in [2.45, 2.75) is 13.5 Å². The Morgan fingerprint density at radius 3 is 3.05 bits per heavy atom. The third kappa shape index (κ3) is 3.05. The summed E-state index contributed by atoms with van der Waals surface area (Å²) in [6.45, 7) is 3.18. The molecule has 3 N–H and O–H groups in total. The van der Waals surface area contributed by atoms with E-state index >= 15 is 0 Å². The zero-order chi connectivity index (χ0) is 13.8. The van der Waals surface area contributed by atoms with Crippen LogP contribution >= 0.6 is 11.3 Å². The van der Waals surface area contributed by atoms with Gasteiger partial charge in [0.15, 0.2) is 5.13 Å². The van der Waals surface area contributed by atoms with Crippen molar-refractivity contribution in [3.05, 3.63) is 29.0 Å². The molecule has 0 unspecified atom stereocenters. The summed E-state index contributed by atoms with van der Waals surface area (Å²) < 4.78 is 4.98. The molecule has 0 aliphatic carbocycles. The fourth-order valence-electron chi connectivity index (χ4n) is 1.61. The Hall–Kier alpha value is -2.02. The lowest BCUT2D eigenvalue weighted by Crippen LogP contribution is -2.25. The second-order valence-electron chi connectivity index (χ2n) is 4.06. The average Bonchev–Trinajstić information content (AvgIpc) is 2.99. The van der Waals surface area contributed by atoms with Crippen LogP contribution in [-0.4, -0.2) is 29.4 Å². The molecule has 0 saturated carbocycles. The van der Waals surface area contributed by atoms with E-state index in [9.17, 15) is 4.79 Å². The van der Waals surface area contributed by atoms with Crippen LogP contribution < -0.4 is 11.1 Å². The lowest BCUT2D eigenvalue weighted by atomic mass is 10.3. The van der Waals surface area contributed by atoms with Gasteiger partial charge in [0.05, 0.1) is 12.5 Å². The first-order chi connectivity index (χ1) is 9.11. The molecule has 0 fully saturated rings. The van der Waals surface area contributed by atoms with Crippen molar-refractivity contribution in [1.82, 2.24) is 9.88 Å². The van der Waals surface area contributed by atoms with E-state index in [0.717, 1.165) is 12.1 Å². The van der Waals surface area contributed by atoms with Crippen LogP contribution in [0.15, 0.2) is 23.0 Å². The fourth-order valence-corrected chi connectivity index (χ4v) is 2.56. The van der Waals surface area contributed by atoms with E-state index in [-0.39, 0.29) is 11.7 Å². The maximum atomic E-state index is 12.3. The smallest absolute Gasteiger partial charge is 0.267 e. The largest absolute Gasteiger partial charge is 0.472 e. The second kappa shape index (κ2) is 5.75. The Labute approximate surface area is 115 Å². The maximum Gasteiger partial charge on any atom is 0.267 e. The van der Waals surface area contributed by atoms with E-state index in [2.05, 4.69) is 10.3 Å². The SMILES string of the molecule is CCNc1nc(N)c(C(=O)N(C)Cc2ccoc2)s1. The first-order valence-electron chi connectivity index (χ1n) is 5.88. The number of nitrogens with one attached hydrogen (secondary N) is 1. The number of aromatic nitrogens is 1. The van der Waals surface area contributed by atoms with Gasteiger partial charge in [-0.2, -0.15) is 0 Å². The van der Waals surface area contributed by atoms with Crippen LogP contribution in [0.5, 0.6) is 0 Å². The molecule has 2 aromatic heterocycles. The Kier molecular flexibility index (Phi) is 4.06. The highest BCUT2D eigenvalue weighted by atomic mass is 32.1. The van der Waals surface area contributed by atoms with E-state index in [4.69, 9.17) is 10.2 Å². The normalized spacial score (nSPS) is 10.4. The number of nitrogens with two attached hydrogens (primary N) is 1. The molecule has 1 amide bonds. The van der Waals surface area contributed by atoms with Gasteiger partial charge in [0.1, 0.15) is 10.7 Å². The highest BCUT2D eigenvalue weighted by Gasteiger charge is 2.20. The average molecular weight is 280 g/mol. The van der Waals surface area contributed by atoms with Gasteiger partial charge in [0.25, 0.3) is 5.91 Å². The van der Waals surface area contributed by atoms with E-state index < -0.39 is 0 Å². The van der Waals surface area contributed by atoms with Crippen LogP contribution in [0.25, 0.3) is 0 Å². The van der Waals surface area contributed by atoms with Gasteiger partial charge in [-0.05, 0) is 13.0 Å². The summed E-state index contributed by atoms with van der Waals surface area (Å²) in [5, 5.41) is 3.72. The first-order valence-corrected chi connectivity index (χ1v) is 6.70. The minimum atomic E-state index is -0.139. The van der Waals surface area contributed by atoms with Crippen LogP contribution in [0.4, 0.5) is 10.9 Å². The number of carbonyl (C=O) groups excluding carboxylic acids is 1. The predicted octanol–water partition coefficient (Wildman–Crippen LogP) is 2.02. The van der Waals surface area contributed by atoms with Crippen molar-refractivity contribution in [2.75, 3.05) is 24.6 Å². The number of rotatable bonds is 5. The van der Waals surface area contributed by atoms with Crippen molar-refractivity contribution >= 4 is 28.2 Å². The number of hydrogen-bond donors (Lipinski definition) is 2. The summed E-state index contributed by atoms with van der Waals surface area (Å²) in [6.07, 6.45) is 3.20. The Balaban J connectivity index is 2.10. The quantitative estimate of drug-likeness (QED) is 0.875. The first kappa shape index (κ1) is 13.4. The number of nitrogens with zero attached hydrogens (tertiary/aromatic N) is 2. The van der Waals surface area contributed by atoms with Gasteiger partial charge in [-0.25, -0.2) is 4.98 Å². The van der Waals surface area contributed by atoms with E-state index in [1.54, 1.807) is 24.5 Å². The molecular weight excluding hydrogens is 264 g/mol. The fraction of sp³-hybridized carbons (Fsp3) is 0.333. The summed E-state index contributed by atoms with van der Waals surface area (Å²) in [7, 11) is 1.72. The molecule has 102 valence electrons. The van der Waals surface area contributed by atoms with Gasteiger partial charge in [0.2, 0.25) is 0 Å². The highest BCUT2D eigenvalue weighted by Crippen LogP contribution is 2.26. The van der Waals surface area contributed by atoms with E-state index in [1.807, 2.05) is 13.0 Å². The molecule has 0 saturated heterocycles. The van der Waals surface area contributed by atoms with Crippen LogP contribution in [0.1, 0.15) is 22.2 Å². The number of anilines is 2. The predicted molar refractivity (Wildman–Crippen MR) is 75.2 cm³/mol. The lowest BCUT2D eigenvalue weighted by Gasteiger charge is -2.14. The molecule has 0 aliphatic heterocycles. The number of thiazole rings is 1. The van der Waals surface area contributed by atoms with Crippen molar-refractivity contribution in [3.63, 3.8) is 0 Å². The molecule has 0 atom stereocenters. The second-order valence-corrected chi connectivity index (χ2v) is 5.06. The monoisotopic (exact) mass is 280 g/mol. The molecule has 2 aromatic rings. The minimum Gasteiger partial charge on any atom is -0.472 e. The number of carbonyl (C=O) groups is 1. The summed E-state index contributed by atoms with van der Waals surface area (Å²) in [5.41, 5.74) is 6.71. The third-order valence-electron chi connectivity index (χ3n) is 2.52. The molecule has 7 heteroatoms. The third-order valence-corrected chi connectivity index (χ3v) is 3.54. The Morgan fingerprint density at radius 1 is 1.63 bits per heavy atom. The van der Waals surface area contributed by atoms with E-state index in [0.29, 0.717) is 16.6 Å². The molecule has 0 aromatic carbocycles. The van der Waals surface area contributed by atoms with Crippen molar-refractivity contribution in [3.8, 4) is 0 Å². The summed E-state index contributed by atoms with van der Waals surface area (Å²) in [5.74, 6) is 0.130. The molecule has 0 bridgehead atoms. The maximum absolute atomic E-state index is 12.3. The van der Waals surface area contributed by atoms with Crippen LogP contribution in [0.3, 0.4) is 0 Å². The molecule has 2 rings (SSSR count). The van der Waals surface area contributed by atoms with Crippen molar-refractivity contribution in [2.24, 2.45) is 0 Å². The molecule has 2 heterocycles. The molecule has 0 spiro atoms. The van der Waals surface area contributed by atoms with Crippen LogP contribution in [-0.2, 0) is 6.54 Å². The summed E-state index contributed by atoms with van der Waals surface area (Å²) in [4.78, 5) is 18.4. The highest BCUT2D eigenvalue weighted by molar-refractivity contribution is 7.18. The zero-order valence-corrected chi connectivity index (χ0v) is 11.7.